The molecular weight excluding hydrogens is 403 g/mol. The van der Waals surface area contributed by atoms with E-state index >= 15 is 0 Å². The number of thioether (sulfide) groups is 1. The van der Waals surface area contributed by atoms with E-state index in [4.69, 9.17) is 0 Å². The lowest BCUT2D eigenvalue weighted by molar-refractivity contribution is -0.137. The van der Waals surface area contributed by atoms with Crippen molar-refractivity contribution in [3.05, 3.63) is 29.8 Å². The second-order valence-electron chi connectivity index (χ2n) is 5.93. The van der Waals surface area contributed by atoms with Crippen molar-refractivity contribution in [3.8, 4) is 0 Å². The van der Waals surface area contributed by atoms with Gasteiger partial charge in [-0.05, 0) is 19.1 Å². The Morgan fingerprint density at radius 3 is 2.63 bits per heavy atom. The summed E-state index contributed by atoms with van der Waals surface area (Å²) in [6, 6.07) is 4.84. The van der Waals surface area contributed by atoms with E-state index in [0.717, 1.165) is 24.1 Å². The minimum absolute atomic E-state index is 0. The number of hydrogen-bond acceptors (Lipinski definition) is 4. The van der Waals surface area contributed by atoms with Crippen molar-refractivity contribution in [1.29, 1.82) is 0 Å². The summed E-state index contributed by atoms with van der Waals surface area (Å²) < 4.78 is 39.0. The van der Waals surface area contributed by atoms with Gasteiger partial charge in [-0.25, -0.2) is 0 Å². The van der Waals surface area contributed by atoms with Crippen LogP contribution in [0.25, 0.3) is 0 Å². The number of nitrogens with one attached hydrogen (secondary N) is 2. The average molecular weight is 426 g/mol. The Hall–Kier alpha value is -1.45. The van der Waals surface area contributed by atoms with Gasteiger partial charge >= 0.3 is 6.18 Å². The van der Waals surface area contributed by atoms with Gasteiger partial charge in [0.25, 0.3) is 0 Å². The summed E-state index contributed by atoms with van der Waals surface area (Å²) in [7, 11) is 0. The molecule has 2 rings (SSSR count). The van der Waals surface area contributed by atoms with E-state index in [9.17, 15) is 22.8 Å². The highest BCUT2D eigenvalue weighted by molar-refractivity contribution is 7.99. The highest BCUT2D eigenvalue weighted by Crippen LogP contribution is 2.34. The largest absolute Gasteiger partial charge is 0.418 e. The zero-order valence-corrected chi connectivity index (χ0v) is 16.5. The number of nitrogens with zero attached hydrogens (tertiary/aromatic N) is 1. The monoisotopic (exact) mass is 425 g/mol. The number of hydrogen-bond donors (Lipinski definition) is 2. The van der Waals surface area contributed by atoms with Crippen molar-refractivity contribution in [3.63, 3.8) is 0 Å². The standard InChI is InChI=1S/C17H22F3N3O2S.ClH/c1-2-23(16(25)9-12-11-26-8-7-21-12)10-15(24)22-14-6-4-3-5-13(14)17(18,19)20;/h3-6,12,21H,2,7-11H2,1H3,(H,22,24);1H. The van der Waals surface area contributed by atoms with Crippen molar-refractivity contribution >= 4 is 41.7 Å². The molecule has 1 aromatic carbocycles. The number of carbonyl (C=O) groups excluding carboxylic acids is 2. The van der Waals surface area contributed by atoms with Gasteiger partial charge in [0.15, 0.2) is 0 Å². The van der Waals surface area contributed by atoms with Gasteiger partial charge in [0, 0.05) is 37.1 Å². The molecule has 0 bridgehead atoms. The molecular formula is C17H23ClF3N3O2S. The van der Waals surface area contributed by atoms with E-state index in [1.54, 1.807) is 18.7 Å². The first-order valence-corrected chi connectivity index (χ1v) is 9.51. The Kier molecular flexibility index (Phi) is 9.41. The first-order chi connectivity index (χ1) is 12.3. The van der Waals surface area contributed by atoms with Gasteiger partial charge in [-0.3, -0.25) is 9.59 Å². The van der Waals surface area contributed by atoms with Crippen molar-refractivity contribution in [2.45, 2.75) is 25.6 Å². The molecule has 1 unspecified atom stereocenters. The van der Waals surface area contributed by atoms with Crippen molar-refractivity contribution in [1.82, 2.24) is 10.2 Å². The molecule has 1 atom stereocenters. The van der Waals surface area contributed by atoms with E-state index in [1.165, 1.54) is 23.1 Å². The molecule has 152 valence electrons. The average Bonchev–Trinajstić information content (AvgIpc) is 2.60. The molecule has 1 aromatic rings. The summed E-state index contributed by atoms with van der Waals surface area (Å²) in [4.78, 5) is 25.9. The Morgan fingerprint density at radius 1 is 1.33 bits per heavy atom. The first-order valence-electron chi connectivity index (χ1n) is 8.36. The molecule has 1 heterocycles. The first kappa shape index (κ1) is 23.6. The summed E-state index contributed by atoms with van der Waals surface area (Å²) in [5, 5.41) is 5.52. The molecule has 1 aliphatic heterocycles. The predicted molar refractivity (Wildman–Crippen MR) is 103 cm³/mol. The van der Waals surface area contributed by atoms with E-state index in [1.807, 2.05) is 0 Å². The lowest BCUT2D eigenvalue weighted by Crippen LogP contribution is -2.44. The van der Waals surface area contributed by atoms with Crippen LogP contribution in [0.3, 0.4) is 0 Å². The molecule has 27 heavy (non-hydrogen) atoms. The topological polar surface area (TPSA) is 61.4 Å². The number of benzene rings is 1. The van der Waals surface area contributed by atoms with E-state index < -0.39 is 17.6 Å². The Morgan fingerprint density at radius 2 is 2.04 bits per heavy atom. The molecule has 0 spiro atoms. The zero-order chi connectivity index (χ0) is 19.2. The number of carbonyl (C=O) groups is 2. The number of rotatable bonds is 6. The van der Waals surface area contributed by atoms with Gasteiger partial charge in [0.1, 0.15) is 0 Å². The summed E-state index contributed by atoms with van der Waals surface area (Å²) in [6.45, 7) is 2.61. The highest BCUT2D eigenvalue weighted by Gasteiger charge is 2.33. The van der Waals surface area contributed by atoms with Gasteiger partial charge in [-0.15, -0.1) is 12.4 Å². The molecule has 1 fully saturated rings. The Balaban J connectivity index is 0.00000364. The summed E-state index contributed by atoms with van der Waals surface area (Å²) in [6.07, 6.45) is -4.29. The lowest BCUT2D eigenvalue weighted by atomic mass is 10.1. The summed E-state index contributed by atoms with van der Waals surface area (Å²) >= 11 is 1.76. The third-order valence-corrected chi connectivity index (χ3v) is 5.13. The Bertz CT molecular complexity index is 640. The quantitative estimate of drug-likeness (QED) is 0.735. The van der Waals surface area contributed by atoms with Crippen LogP contribution in [-0.2, 0) is 15.8 Å². The number of amides is 2. The number of para-hydroxylation sites is 1. The van der Waals surface area contributed by atoms with Crippen molar-refractivity contribution < 1.29 is 22.8 Å². The maximum atomic E-state index is 13.0. The second kappa shape index (κ2) is 10.8. The van der Waals surface area contributed by atoms with Gasteiger partial charge in [0.2, 0.25) is 11.8 Å². The number of halogens is 4. The molecule has 2 amide bonds. The summed E-state index contributed by atoms with van der Waals surface area (Å²) in [5.74, 6) is 0.993. The summed E-state index contributed by atoms with van der Waals surface area (Å²) in [5.41, 5.74) is -1.22. The molecule has 0 aliphatic carbocycles. The van der Waals surface area contributed by atoms with Crippen molar-refractivity contribution in [2.75, 3.05) is 36.5 Å². The van der Waals surface area contributed by atoms with Gasteiger partial charge in [0.05, 0.1) is 17.8 Å². The fraction of sp³-hybridized carbons (Fsp3) is 0.529. The molecule has 10 heteroatoms. The molecule has 1 saturated heterocycles. The second-order valence-corrected chi connectivity index (χ2v) is 7.08. The van der Waals surface area contributed by atoms with Gasteiger partial charge in [-0.2, -0.15) is 24.9 Å². The van der Waals surface area contributed by atoms with E-state index in [2.05, 4.69) is 10.6 Å². The van der Waals surface area contributed by atoms with Crippen LogP contribution < -0.4 is 10.6 Å². The number of alkyl halides is 3. The number of anilines is 1. The van der Waals surface area contributed by atoms with Crippen molar-refractivity contribution in [2.24, 2.45) is 0 Å². The highest BCUT2D eigenvalue weighted by atomic mass is 35.5. The smallest absolute Gasteiger partial charge is 0.334 e. The molecule has 2 N–H and O–H groups in total. The Labute approximate surface area is 166 Å². The minimum Gasteiger partial charge on any atom is -0.334 e. The third-order valence-electron chi connectivity index (χ3n) is 3.99. The van der Waals surface area contributed by atoms with Crippen LogP contribution >= 0.6 is 24.2 Å². The third kappa shape index (κ3) is 7.23. The van der Waals surface area contributed by atoms with Crippen LogP contribution in [0.15, 0.2) is 24.3 Å². The van der Waals surface area contributed by atoms with Gasteiger partial charge < -0.3 is 15.5 Å². The minimum atomic E-state index is -4.56. The predicted octanol–water partition coefficient (Wildman–Crippen LogP) is 3.01. The van der Waals surface area contributed by atoms with Gasteiger partial charge in [-0.1, -0.05) is 12.1 Å². The fourth-order valence-corrected chi connectivity index (χ4v) is 3.62. The zero-order valence-electron chi connectivity index (χ0n) is 14.8. The van der Waals surface area contributed by atoms with Crippen LogP contribution in [0.4, 0.5) is 18.9 Å². The van der Waals surface area contributed by atoms with E-state index in [0.29, 0.717) is 6.54 Å². The molecule has 5 nitrogen and oxygen atoms in total. The van der Waals surface area contributed by atoms with Crippen LogP contribution in [0.5, 0.6) is 0 Å². The fourth-order valence-electron chi connectivity index (χ4n) is 2.67. The van der Waals surface area contributed by atoms with Crippen LogP contribution in [-0.4, -0.2) is 53.9 Å². The SMILES string of the molecule is CCN(CC(=O)Nc1ccccc1C(F)(F)F)C(=O)CC1CSCCN1.Cl. The molecule has 0 saturated carbocycles. The van der Waals surface area contributed by atoms with Crippen LogP contribution in [0.2, 0.25) is 0 Å². The molecule has 0 radical (unpaired) electrons. The maximum absolute atomic E-state index is 13.0. The maximum Gasteiger partial charge on any atom is 0.418 e. The molecule has 1 aliphatic rings. The van der Waals surface area contributed by atoms with Crippen LogP contribution in [0, 0.1) is 0 Å². The normalized spacial score (nSPS) is 17.0. The molecule has 0 aromatic heterocycles. The number of likely N-dealkylation sites (N-methyl/N-ethyl adjacent to an activating group) is 1. The van der Waals surface area contributed by atoms with Crippen LogP contribution in [0.1, 0.15) is 18.9 Å². The lowest BCUT2D eigenvalue weighted by Gasteiger charge is -2.26. The van der Waals surface area contributed by atoms with E-state index in [-0.39, 0.29) is 43.0 Å².